The minimum absolute atomic E-state index is 0.117. The summed E-state index contributed by atoms with van der Waals surface area (Å²) in [4.78, 5) is 14.7. The van der Waals surface area contributed by atoms with Crippen LogP contribution in [0.5, 0.6) is 0 Å². The molecule has 6 nitrogen and oxygen atoms in total. The maximum absolute atomic E-state index is 8.30. The summed E-state index contributed by atoms with van der Waals surface area (Å²) in [6.07, 6.45) is 4.20. The van der Waals surface area contributed by atoms with Gasteiger partial charge in [0.2, 0.25) is 11.9 Å². The van der Waals surface area contributed by atoms with Gasteiger partial charge < -0.3 is 5.32 Å². The van der Waals surface area contributed by atoms with Crippen molar-refractivity contribution < 1.29 is 0 Å². The van der Waals surface area contributed by atoms with Crippen LogP contribution < -0.4 is 10.2 Å². The summed E-state index contributed by atoms with van der Waals surface area (Å²) in [6.45, 7) is 1.90. The molecule has 0 atom stereocenters. The topological polar surface area (TPSA) is 77.8 Å². The van der Waals surface area contributed by atoms with Crippen molar-refractivity contribution in [3.05, 3.63) is 75.8 Å². The van der Waals surface area contributed by atoms with E-state index in [4.69, 9.17) is 28.6 Å². The minimum atomic E-state index is 0.117. The van der Waals surface area contributed by atoms with E-state index >= 15 is 0 Å². The standard InChI is InChI=1S/C19H18Cl2N6/c1-12-8-15(9-13-4-3-7-23-11-13)26-19(24-12)27(2)18(22)25-14-5-6-16(20)17(21)10-14/h3-8,10-11H,9H2,1-2H3,(H2,22,25). The molecule has 138 valence electrons. The second-order valence-electron chi connectivity index (χ2n) is 6.00. The van der Waals surface area contributed by atoms with Crippen molar-refractivity contribution in [2.75, 3.05) is 17.3 Å². The Morgan fingerprint density at radius 1 is 1.15 bits per heavy atom. The fourth-order valence-electron chi connectivity index (χ4n) is 2.46. The van der Waals surface area contributed by atoms with E-state index in [0.29, 0.717) is 28.1 Å². The summed E-state index contributed by atoms with van der Waals surface area (Å²) in [5.41, 5.74) is 3.41. The molecule has 0 aliphatic heterocycles. The Hall–Kier alpha value is -2.70. The fraction of sp³-hybridized carbons (Fsp3) is 0.158. The molecule has 2 aromatic heterocycles. The van der Waals surface area contributed by atoms with E-state index in [2.05, 4.69) is 20.3 Å². The largest absolute Gasteiger partial charge is 0.326 e. The van der Waals surface area contributed by atoms with Crippen molar-refractivity contribution in [2.24, 2.45) is 0 Å². The number of pyridine rings is 1. The first kappa shape index (κ1) is 19.1. The highest BCUT2D eigenvalue weighted by molar-refractivity contribution is 6.42. The number of nitrogens with zero attached hydrogens (tertiary/aromatic N) is 4. The lowest BCUT2D eigenvalue weighted by atomic mass is 10.1. The molecule has 0 unspecified atom stereocenters. The van der Waals surface area contributed by atoms with Crippen LogP contribution in [0, 0.1) is 12.3 Å². The Balaban J connectivity index is 1.78. The average molecular weight is 401 g/mol. The predicted octanol–water partition coefficient (Wildman–Crippen LogP) is 4.56. The van der Waals surface area contributed by atoms with E-state index in [0.717, 1.165) is 17.0 Å². The summed E-state index contributed by atoms with van der Waals surface area (Å²) in [6, 6.07) is 10.9. The minimum Gasteiger partial charge on any atom is -0.326 e. The molecule has 0 spiro atoms. The first-order chi connectivity index (χ1) is 12.9. The van der Waals surface area contributed by atoms with Crippen LogP contribution in [0.15, 0.2) is 48.8 Å². The Kier molecular flexibility index (Phi) is 5.88. The molecule has 0 saturated heterocycles. The van der Waals surface area contributed by atoms with Gasteiger partial charge in [-0.3, -0.25) is 15.3 Å². The normalized spacial score (nSPS) is 10.5. The van der Waals surface area contributed by atoms with Crippen molar-refractivity contribution in [3.63, 3.8) is 0 Å². The molecule has 1 aromatic carbocycles. The number of hydrogen-bond acceptors (Lipinski definition) is 4. The van der Waals surface area contributed by atoms with E-state index < -0.39 is 0 Å². The van der Waals surface area contributed by atoms with Crippen LogP contribution in [-0.2, 0) is 6.42 Å². The number of nitrogens with one attached hydrogen (secondary N) is 2. The quantitative estimate of drug-likeness (QED) is 0.495. The first-order valence-electron chi connectivity index (χ1n) is 8.20. The molecule has 0 amide bonds. The van der Waals surface area contributed by atoms with Crippen LogP contribution in [0.1, 0.15) is 17.0 Å². The number of rotatable bonds is 4. The Bertz CT molecular complexity index is 962. The van der Waals surface area contributed by atoms with Crippen LogP contribution >= 0.6 is 23.2 Å². The average Bonchev–Trinajstić information content (AvgIpc) is 2.64. The van der Waals surface area contributed by atoms with Gasteiger partial charge in [0.1, 0.15) is 0 Å². The van der Waals surface area contributed by atoms with Gasteiger partial charge in [0.15, 0.2) is 0 Å². The number of anilines is 2. The number of benzene rings is 1. The van der Waals surface area contributed by atoms with Gasteiger partial charge in [-0.05, 0) is 42.8 Å². The van der Waals surface area contributed by atoms with Crippen LogP contribution in [0.25, 0.3) is 0 Å². The molecule has 3 rings (SSSR count). The fourth-order valence-corrected chi connectivity index (χ4v) is 2.76. The Labute approximate surface area is 167 Å². The summed E-state index contributed by atoms with van der Waals surface area (Å²) in [5, 5.41) is 12.2. The molecule has 2 N–H and O–H groups in total. The predicted molar refractivity (Wildman–Crippen MR) is 110 cm³/mol. The lowest BCUT2D eigenvalue weighted by Gasteiger charge is -2.20. The van der Waals surface area contributed by atoms with Crippen LogP contribution in [0.2, 0.25) is 10.0 Å². The van der Waals surface area contributed by atoms with E-state index in [1.54, 1.807) is 36.3 Å². The molecule has 0 bridgehead atoms. The summed E-state index contributed by atoms with van der Waals surface area (Å²) >= 11 is 12.0. The number of halogens is 2. The number of aryl methyl sites for hydroxylation is 1. The molecule has 27 heavy (non-hydrogen) atoms. The van der Waals surface area contributed by atoms with Crippen LogP contribution in [-0.4, -0.2) is 28.0 Å². The van der Waals surface area contributed by atoms with Crippen molar-refractivity contribution in [1.29, 1.82) is 5.41 Å². The first-order valence-corrected chi connectivity index (χ1v) is 8.96. The lowest BCUT2D eigenvalue weighted by molar-refractivity contribution is 0.959. The zero-order valence-corrected chi connectivity index (χ0v) is 16.4. The second kappa shape index (κ2) is 8.33. The van der Waals surface area contributed by atoms with Crippen molar-refractivity contribution in [2.45, 2.75) is 13.3 Å². The molecule has 0 radical (unpaired) electrons. The monoisotopic (exact) mass is 400 g/mol. The maximum Gasteiger partial charge on any atom is 0.232 e. The lowest BCUT2D eigenvalue weighted by Crippen LogP contribution is -2.33. The van der Waals surface area contributed by atoms with Crippen LogP contribution in [0.4, 0.5) is 11.6 Å². The number of hydrogen-bond donors (Lipinski definition) is 2. The van der Waals surface area contributed by atoms with E-state index in [9.17, 15) is 0 Å². The molecule has 0 aliphatic rings. The molecule has 2 heterocycles. The van der Waals surface area contributed by atoms with Crippen molar-refractivity contribution in [1.82, 2.24) is 15.0 Å². The highest BCUT2D eigenvalue weighted by Crippen LogP contribution is 2.25. The molecule has 8 heteroatoms. The van der Waals surface area contributed by atoms with E-state index in [-0.39, 0.29) is 5.96 Å². The molecule has 0 aliphatic carbocycles. The summed E-state index contributed by atoms with van der Waals surface area (Å²) in [5.74, 6) is 0.553. The van der Waals surface area contributed by atoms with Crippen molar-refractivity contribution >= 4 is 40.8 Å². The Morgan fingerprint density at radius 2 is 1.96 bits per heavy atom. The van der Waals surface area contributed by atoms with E-state index in [1.807, 2.05) is 31.3 Å². The van der Waals surface area contributed by atoms with Gasteiger partial charge in [0, 0.05) is 37.2 Å². The zero-order chi connectivity index (χ0) is 19.4. The third-order valence-electron chi connectivity index (χ3n) is 3.82. The molecule has 0 saturated carbocycles. The second-order valence-corrected chi connectivity index (χ2v) is 6.81. The summed E-state index contributed by atoms with van der Waals surface area (Å²) < 4.78 is 0. The van der Waals surface area contributed by atoms with Gasteiger partial charge in [-0.25, -0.2) is 9.97 Å². The van der Waals surface area contributed by atoms with Gasteiger partial charge in [0.05, 0.1) is 15.7 Å². The third-order valence-corrected chi connectivity index (χ3v) is 4.56. The maximum atomic E-state index is 8.30. The zero-order valence-electron chi connectivity index (χ0n) is 14.9. The van der Waals surface area contributed by atoms with Gasteiger partial charge in [0.25, 0.3) is 0 Å². The smallest absolute Gasteiger partial charge is 0.232 e. The van der Waals surface area contributed by atoms with Gasteiger partial charge in [-0.15, -0.1) is 0 Å². The number of guanidine groups is 1. The van der Waals surface area contributed by atoms with Crippen LogP contribution in [0.3, 0.4) is 0 Å². The highest BCUT2D eigenvalue weighted by Gasteiger charge is 2.13. The highest BCUT2D eigenvalue weighted by atomic mass is 35.5. The third kappa shape index (κ3) is 4.93. The van der Waals surface area contributed by atoms with Gasteiger partial charge in [-0.1, -0.05) is 29.3 Å². The summed E-state index contributed by atoms with van der Waals surface area (Å²) in [7, 11) is 1.73. The van der Waals surface area contributed by atoms with Gasteiger partial charge >= 0.3 is 0 Å². The molecule has 0 fully saturated rings. The van der Waals surface area contributed by atoms with Crippen molar-refractivity contribution in [3.8, 4) is 0 Å². The molecular weight excluding hydrogens is 383 g/mol. The molecular formula is C19H18Cl2N6. The Morgan fingerprint density at radius 3 is 2.67 bits per heavy atom. The number of aromatic nitrogens is 3. The van der Waals surface area contributed by atoms with E-state index in [1.165, 1.54) is 0 Å². The SMILES string of the molecule is Cc1cc(Cc2cccnc2)nc(N(C)C(=N)Nc2ccc(Cl)c(Cl)c2)n1. The van der Waals surface area contributed by atoms with Gasteiger partial charge in [-0.2, -0.15) is 0 Å². The molecule has 3 aromatic rings.